The zero-order valence-electron chi connectivity index (χ0n) is 2.13. The quantitative estimate of drug-likeness (QED) is 0.513. The molecule has 0 fully saturated rings. The van der Waals surface area contributed by atoms with Crippen molar-refractivity contribution in [2.24, 2.45) is 0 Å². The van der Waals surface area contributed by atoms with Crippen LogP contribution < -0.4 is 0 Å². The molecule has 0 amide bonds. The van der Waals surface area contributed by atoms with Crippen molar-refractivity contribution < 1.29 is 71.1 Å². The van der Waals surface area contributed by atoms with Gasteiger partial charge in [-0.15, -0.1) is 0 Å². The third-order valence-electron chi connectivity index (χ3n) is 0. The summed E-state index contributed by atoms with van der Waals surface area (Å²) in [5, 5.41) is 0. The van der Waals surface area contributed by atoms with Crippen LogP contribution in [0.3, 0.4) is 0 Å². The van der Waals surface area contributed by atoms with Gasteiger partial charge in [-0.2, -0.15) is 0 Å². The predicted molar refractivity (Wildman–Crippen MR) is 1.37 cm³/mol. The fourth-order valence-electron chi connectivity index (χ4n) is 0. The van der Waals surface area contributed by atoms with Crippen LogP contribution in [-0.2, 0) is 71.1 Å². The van der Waals surface area contributed by atoms with Gasteiger partial charge in [-0.1, -0.05) is 0 Å². The van der Waals surface area contributed by atoms with E-state index < -0.39 is 0 Å². The summed E-state index contributed by atoms with van der Waals surface area (Å²) in [7, 11) is 0. The Morgan fingerprint density at radius 3 is 0.800 bits per heavy atom. The maximum atomic E-state index is 0. The maximum absolute atomic E-state index is 0. The number of rotatable bonds is 0. The fourth-order valence-corrected chi connectivity index (χ4v) is 0. The molecule has 0 aliphatic rings. The average molecular weight is 228 g/mol. The van der Waals surface area contributed by atoms with Gasteiger partial charge in [0.25, 0.3) is 0 Å². The summed E-state index contributed by atoms with van der Waals surface area (Å²) < 4.78 is 0. The molecule has 0 rings (SSSR count). The molecule has 28 valence electrons. The van der Waals surface area contributed by atoms with Crippen molar-refractivity contribution >= 4 is 0 Å². The van der Waals surface area contributed by atoms with E-state index in [1.165, 1.54) is 0 Å². The van der Waals surface area contributed by atoms with E-state index in [4.69, 9.17) is 0 Å². The molecule has 0 aliphatic carbocycles. The van der Waals surface area contributed by atoms with Gasteiger partial charge in [-0.05, 0) is 0 Å². The molecule has 0 saturated heterocycles. The molecule has 0 heterocycles. The molecule has 5 heavy (non-hydrogen) atoms. The molecule has 0 aromatic heterocycles. The van der Waals surface area contributed by atoms with Gasteiger partial charge >= 0.3 is 21.7 Å². The van der Waals surface area contributed by atoms with Crippen LogP contribution in [0, 0.1) is 0 Å². The van der Waals surface area contributed by atoms with E-state index in [1.54, 1.807) is 0 Å². The molecule has 0 aromatic carbocycles. The van der Waals surface area contributed by atoms with Crippen LogP contribution in [0.15, 0.2) is 0 Å². The molecule has 0 radical (unpaired) electrons. The molecule has 0 bridgehead atoms. The van der Waals surface area contributed by atoms with Gasteiger partial charge in [0.1, 0.15) is 0 Å². The van der Waals surface area contributed by atoms with E-state index in [1.807, 2.05) is 0 Å². The Hall–Kier alpha value is 1.86. The van der Waals surface area contributed by atoms with Gasteiger partial charge in [-0.25, -0.2) is 0 Å². The SMILES string of the molecule is [Cr].[Mo].[O-2].[O-2].[Ti+4]. The molecule has 0 aliphatic heterocycles. The first kappa shape index (κ1) is 68.3. The minimum Gasteiger partial charge on any atom is -2.00 e. The first-order valence-corrected chi connectivity index (χ1v) is 0. The van der Waals surface area contributed by atoms with Crippen LogP contribution >= 0.6 is 0 Å². The Morgan fingerprint density at radius 2 is 0.800 bits per heavy atom. The van der Waals surface area contributed by atoms with Gasteiger partial charge in [0.05, 0.1) is 0 Å². The van der Waals surface area contributed by atoms with Crippen molar-refractivity contribution in [2.45, 2.75) is 0 Å². The second kappa shape index (κ2) is 40.1. The third kappa shape index (κ3) is 25.3. The standard InChI is InChI=1S/Cr.Mo.2O.Ti/q;;2*-2;+4. The van der Waals surface area contributed by atoms with Crippen molar-refractivity contribution in [3.8, 4) is 0 Å². The third-order valence-corrected chi connectivity index (χ3v) is 0. The minimum absolute atomic E-state index is 0. The molecule has 0 saturated carbocycles. The van der Waals surface area contributed by atoms with Gasteiger partial charge in [0.15, 0.2) is 0 Å². The van der Waals surface area contributed by atoms with Crippen molar-refractivity contribution in [1.82, 2.24) is 0 Å². The Kier molecular flexibility index (Phi) is 548. The van der Waals surface area contributed by atoms with Gasteiger partial charge in [0.2, 0.25) is 0 Å². The Balaban J connectivity index is 0. The largest absolute Gasteiger partial charge is 4.00 e. The maximum Gasteiger partial charge on any atom is 4.00 e. The normalized spacial score (nSPS) is 0. The van der Waals surface area contributed by atoms with Crippen LogP contribution in [0.5, 0.6) is 0 Å². The molecule has 0 N–H and O–H groups in total. The summed E-state index contributed by atoms with van der Waals surface area (Å²) >= 11 is 0. The first-order valence-electron chi connectivity index (χ1n) is 0. The van der Waals surface area contributed by atoms with E-state index in [0.717, 1.165) is 0 Å². The van der Waals surface area contributed by atoms with Crippen molar-refractivity contribution in [3.05, 3.63) is 0 Å². The van der Waals surface area contributed by atoms with Crippen LogP contribution in [-0.4, -0.2) is 0 Å². The molecular formula is CrMoO2Ti. The van der Waals surface area contributed by atoms with E-state index >= 15 is 0 Å². The molecule has 5 heteroatoms. The molecular weight excluding hydrogens is 228 g/mol. The second-order valence-electron chi connectivity index (χ2n) is 0. The Labute approximate surface area is 70.6 Å². The summed E-state index contributed by atoms with van der Waals surface area (Å²) in [6, 6.07) is 0. The van der Waals surface area contributed by atoms with Crippen molar-refractivity contribution in [2.75, 3.05) is 0 Å². The minimum atomic E-state index is 0. The summed E-state index contributed by atoms with van der Waals surface area (Å²) in [6.07, 6.45) is 0. The summed E-state index contributed by atoms with van der Waals surface area (Å²) in [5.41, 5.74) is 0. The fraction of sp³-hybridized carbons (Fsp3) is 0. The van der Waals surface area contributed by atoms with E-state index in [2.05, 4.69) is 0 Å². The Morgan fingerprint density at radius 1 is 0.800 bits per heavy atom. The van der Waals surface area contributed by atoms with Crippen LogP contribution in [0.1, 0.15) is 0 Å². The second-order valence-corrected chi connectivity index (χ2v) is 0. The molecule has 2 nitrogen and oxygen atoms in total. The Bertz CT molecular complexity index is 9.61. The topological polar surface area (TPSA) is 57.0 Å². The summed E-state index contributed by atoms with van der Waals surface area (Å²) in [6.45, 7) is 0. The number of hydrogen-bond donors (Lipinski definition) is 0. The van der Waals surface area contributed by atoms with Crippen LogP contribution in [0.2, 0.25) is 0 Å². The molecule has 0 unspecified atom stereocenters. The van der Waals surface area contributed by atoms with Gasteiger partial charge in [-0.3, -0.25) is 0 Å². The van der Waals surface area contributed by atoms with E-state index in [0.29, 0.717) is 0 Å². The van der Waals surface area contributed by atoms with Crippen LogP contribution in [0.25, 0.3) is 0 Å². The number of hydrogen-bond acceptors (Lipinski definition) is 0. The molecule has 0 aromatic rings. The first-order chi connectivity index (χ1) is 0. The van der Waals surface area contributed by atoms with Crippen molar-refractivity contribution in [1.29, 1.82) is 0 Å². The smallest absolute Gasteiger partial charge is 2.00 e. The van der Waals surface area contributed by atoms with Gasteiger partial charge in [0, 0.05) is 38.4 Å². The molecule has 0 atom stereocenters. The van der Waals surface area contributed by atoms with Gasteiger partial charge < -0.3 is 11.0 Å². The summed E-state index contributed by atoms with van der Waals surface area (Å²) in [4.78, 5) is 0. The van der Waals surface area contributed by atoms with Crippen LogP contribution in [0.4, 0.5) is 0 Å². The zero-order chi connectivity index (χ0) is 0. The zero-order valence-corrected chi connectivity index (χ0v) is 6.98. The summed E-state index contributed by atoms with van der Waals surface area (Å²) in [5.74, 6) is 0. The van der Waals surface area contributed by atoms with E-state index in [-0.39, 0.29) is 71.1 Å². The average Bonchev–Trinajstić information content (AvgIpc) is 0. The molecule has 0 spiro atoms. The van der Waals surface area contributed by atoms with E-state index in [9.17, 15) is 0 Å². The van der Waals surface area contributed by atoms with Crippen molar-refractivity contribution in [3.63, 3.8) is 0 Å². The predicted octanol–water partition coefficient (Wildman–Crippen LogP) is -0.245. The monoisotopic (exact) mass is 230 g/mol.